The molecule has 1 saturated heterocycles. The Balaban J connectivity index is 0.000000459. The van der Waals surface area contributed by atoms with E-state index in [1.54, 1.807) is 7.11 Å². The van der Waals surface area contributed by atoms with Crippen LogP contribution >= 0.6 is 0 Å². The Kier molecular flexibility index (Phi) is 6.73. The molecule has 116 valence electrons. The van der Waals surface area contributed by atoms with Crippen molar-refractivity contribution in [3.8, 4) is 0 Å². The summed E-state index contributed by atoms with van der Waals surface area (Å²) in [5, 5.41) is 0. The van der Waals surface area contributed by atoms with Gasteiger partial charge in [-0.3, -0.25) is 4.90 Å². The number of likely N-dealkylation sites (tertiary alicyclic amines) is 1. The molecule has 0 radical (unpaired) electrons. The highest BCUT2D eigenvalue weighted by Gasteiger charge is 2.42. The fourth-order valence-corrected chi connectivity index (χ4v) is 2.45. The van der Waals surface area contributed by atoms with E-state index in [9.17, 15) is 0 Å². The van der Waals surface area contributed by atoms with E-state index >= 15 is 0 Å². The molecule has 1 heterocycles. The summed E-state index contributed by atoms with van der Waals surface area (Å²) in [6.45, 7) is 15.6. The van der Waals surface area contributed by atoms with Crippen LogP contribution in [0.25, 0.3) is 0 Å². The Bertz CT molecular complexity index is 254. The first-order chi connectivity index (χ1) is 8.35. The second-order valence-electron chi connectivity index (χ2n) is 7.77. The smallest absolute Gasteiger partial charge is 0.183 e. The number of piperidine rings is 1. The minimum absolute atomic E-state index is 0.252. The lowest BCUT2D eigenvalue weighted by Gasteiger charge is -2.53. The van der Waals surface area contributed by atoms with E-state index in [0.717, 1.165) is 12.8 Å². The number of hydrogen-bond donors (Lipinski definition) is 0. The molecule has 1 aliphatic heterocycles. The van der Waals surface area contributed by atoms with Gasteiger partial charge in [0.25, 0.3) is 0 Å². The van der Waals surface area contributed by atoms with Crippen LogP contribution in [0.3, 0.4) is 0 Å². The molecule has 0 bridgehead atoms. The van der Waals surface area contributed by atoms with Crippen molar-refractivity contribution in [1.29, 1.82) is 0 Å². The minimum Gasteiger partial charge on any atom is -0.421 e. The molecule has 1 rings (SSSR count). The Morgan fingerprint density at radius 1 is 0.947 bits per heavy atom. The monoisotopic (exact) mass is 289 g/mol. The number of ether oxygens (including phenoxy) is 1. The summed E-state index contributed by atoms with van der Waals surface area (Å²) >= 11 is 0. The lowest BCUT2D eigenvalue weighted by molar-refractivity contribution is -0.0783. The zero-order valence-electron chi connectivity index (χ0n) is 14.8. The Morgan fingerprint density at radius 3 is 1.47 bits per heavy atom. The van der Waals surface area contributed by atoms with Crippen molar-refractivity contribution >= 4 is 8.32 Å². The fourth-order valence-electron chi connectivity index (χ4n) is 2.45. The molecule has 1 aliphatic rings. The molecule has 19 heavy (non-hydrogen) atoms. The lowest BCUT2D eigenvalue weighted by atomic mass is 9.79. The SMILES string of the molecule is COC1CC(C)(C)N(C)C(C)(C)C1.CO[Si](C)(C)C. The number of nitrogens with zero attached hydrogens (tertiary/aromatic N) is 1. The average Bonchev–Trinajstić information content (AvgIpc) is 2.24. The highest BCUT2D eigenvalue weighted by molar-refractivity contribution is 6.69. The van der Waals surface area contributed by atoms with Gasteiger partial charge in [-0.05, 0) is 67.2 Å². The molecule has 0 N–H and O–H groups in total. The van der Waals surface area contributed by atoms with Gasteiger partial charge in [0.2, 0.25) is 0 Å². The third-order valence-electron chi connectivity index (χ3n) is 4.22. The maximum absolute atomic E-state index is 5.48. The molecule has 1 fully saturated rings. The molecule has 0 atom stereocenters. The van der Waals surface area contributed by atoms with Crippen LogP contribution in [0.5, 0.6) is 0 Å². The van der Waals surface area contributed by atoms with Gasteiger partial charge in [0.1, 0.15) is 0 Å². The zero-order valence-corrected chi connectivity index (χ0v) is 15.8. The number of hydrogen-bond acceptors (Lipinski definition) is 3. The van der Waals surface area contributed by atoms with Gasteiger partial charge in [0.15, 0.2) is 8.32 Å². The summed E-state index contributed by atoms with van der Waals surface area (Å²) in [6.07, 6.45) is 2.67. The summed E-state index contributed by atoms with van der Waals surface area (Å²) in [4.78, 5) is 2.47. The minimum atomic E-state index is -1.13. The second-order valence-corrected chi connectivity index (χ2v) is 12.4. The van der Waals surface area contributed by atoms with Crippen LogP contribution in [-0.2, 0) is 9.16 Å². The maximum Gasteiger partial charge on any atom is 0.183 e. The standard InChI is InChI=1S/C11H23NO.C4H12OSi/c1-10(2)7-9(13-6)8-11(3,4)12(10)5;1-5-6(2,3)4/h9H,7-8H2,1-6H3;1-4H3. The third-order valence-corrected chi connectivity index (χ3v) is 5.44. The number of methoxy groups -OCH3 is 1. The van der Waals surface area contributed by atoms with Gasteiger partial charge in [-0.1, -0.05) is 0 Å². The molecule has 4 heteroatoms. The Morgan fingerprint density at radius 2 is 1.26 bits per heavy atom. The van der Waals surface area contributed by atoms with Crippen LogP contribution in [0.1, 0.15) is 40.5 Å². The van der Waals surface area contributed by atoms with Crippen molar-refractivity contribution in [2.24, 2.45) is 0 Å². The predicted molar refractivity (Wildman–Crippen MR) is 86.3 cm³/mol. The molecule has 0 aromatic heterocycles. The normalized spacial score (nSPS) is 23.7. The largest absolute Gasteiger partial charge is 0.421 e. The van der Waals surface area contributed by atoms with Crippen LogP contribution in [0.15, 0.2) is 0 Å². The Hall–Kier alpha value is 0.0969. The van der Waals surface area contributed by atoms with Gasteiger partial charge in [-0.25, -0.2) is 0 Å². The summed E-state index contributed by atoms with van der Waals surface area (Å²) in [5.74, 6) is 0. The zero-order chi connectivity index (χ0) is 15.5. The van der Waals surface area contributed by atoms with Crippen molar-refractivity contribution in [2.75, 3.05) is 21.3 Å². The molecule has 0 aromatic carbocycles. The van der Waals surface area contributed by atoms with Gasteiger partial charge in [-0.2, -0.15) is 0 Å². The van der Waals surface area contributed by atoms with Gasteiger partial charge in [0.05, 0.1) is 6.10 Å². The molecular weight excluding hydrogens is 254 g/mol. The van der Waals surface area contributed by atoms with Gasteiger partial charge < -0.3 is 9.16 Å². The second kappa shape index (κ2) is 6.70. The highest BCUT2D eigenvalue weighted by Crippen LogP contribution is 2.37. The molecule has 0 aliphatic carbocycles. The topological polar surface area (TPSA) is 21.7 Å². The van der Waals surface area contributed by atoms with E-state index in [1.165, 1.54) is 0 Å². The van der Waals surface area contributed by atoms with E-state index < -0.39 is 8.32 Å². The van der Waals surface area contributed by atoms with Gasteiger partial charge >= 0.3 is 0 Å². The summed E-state index contributed by atoms with van der Waals surface area (Å²) in [7, 11) is 4.67. The molecule has 0 saturated carbocycles. The van der Waals surface area contributed by atoms with E-state index in [1.807, 2.05) is 7.11 Å². The molecule has 0 spiro atoms. The first-order valence-electron chi connectivity index (χ1n) is 7.17. The first-order valence-corrected chi connectivity index (χ1v) is 10.6. The first kappa shape index (κ1) is 19.1. The van der Waals surface area contributed by atoms with Crippen molar-refractivity contribution in [1.82, 2.24) is 4.90 Å². The summed E-state index contributed by atoms with van der Waals surface area (Å²) in [6, 6.07) is 0. The third kappa shape index (κ3) is 6.39. The fraction of sp³-hybridized carbons (Fsp3) is 1.00. The molecule has 3 nitrogen and oxygen atoms in total. The van der Waals surface area contributed by atoms with Gasteiger partial charge in [0, 0.05) is 25.3 Å². The van der Waals surface area contributed by atoms with E-state index in [0.29, 0.717) is 6.10 Å². The maximum atomic E-state index is 5.48. The van der Waals surface area contributed by atoms with Crippen LogP contribution in [0.2, 0.25) is 19.6 Å². The quantitative estimate of drug-likeness (QED) is 0.723. The lowest BCUT2D eigenvalue weighted by Crippen LogP contribution is -2.60. The van der Waals surface area contributed by atoms with Crippen LogP contribution in [0, 0.1) is 0 Å². The van der Waals surface area contributed by atoms with Gasteiger partial charge in [-0.15, -0.1) is 0 Å². The van der Waals surface area contributed by atoms with Crippen LogP contribution in [0.4, 0.5) is 0 Å². The molecule has 0 amide bonds. The van der Waals surface area contributed by atoms with Crippen molar-refractivity contribution in [3.63, 3.8) is 0 Å². The van der Waals surface area contributed by atoms with Crippen molar-refractivity contribution in [2.45, 2.75) is 77.4 Å². The van der Waals surface area contributed by atoms with E-state index in [2.05, 4.69) is 59.3 Å². The summed E-state index contributed by atoms with van der Waals surface area (Å²) < 4.78 is 10.6. The van der Waals surface area contributed by atoms with Crippen LogP contribution in [-0.4, -0.2) is 51.7 Å². The van der Waals surface area contributed by atoms with E-state index in [-0.39, 0.29) is 11.1 Å². The van der Waals surface area contributed by atoms with Crippen molar-refractivity contribution < 1.29 is 9.16 Å². The van der Waals surface area contributed by atoms with Crippen LogP contribution < -0.4 is 0 Å². The number of rotatable bonds is 2. The van der Waals surface area contributed by atoms with Crippen molar-refractivity contribution in [3.05, 3.63) is 0 Å². The average molecular weight is 290 g/mol. The summed E-state index contributed by atoms with van der Waals surface area (Å²) in [5.41, 5.74) is 0.505. The molecular formula is C15H35NO2Si. The highest BCUT2D eigenvalue weighted by atomic mass is 28.4. The molecule has 0 unspecified atom stereocenters. The Labute approximate surface area is 121 Å². The molecule has 0 aromatic rings. The van der Waals surface area contributed by atoms with E-state index in [4.69, 9.17) is 9.16 Å². The predicted octanol–water partition coefficient (Wildman–Crippen LogP) is 3.75.